The maximum atomic E-state index is 11.8. The van der Waals surface area contributed by atoms with Crippen molar-refractivity contribution in [2.24, 2.45) is 5.92 Å². The van der Waals surface area contributed by atoms with Gasteiger partial charge >= 0.3 is 0 Å². The lowest BCUT2D eigenvalue weighted by Crippen LogP contribution is -2.47. The maximum Gasteiger partial charge on any atom is 0.223 e. The Balaban J connectivity index is 1.68. The Labute approximate surface area is 112 Å². The summed E-state index contributed by atoms with van der Waals surface area (Å²) >= 11 is 3.40. The number of nitrogens with one attached hydrogen (secondary N) is 1. The van der Waals surface area contributed by atoms with Crippen LogP contribution in [0.5, 0.6) is 0 Å². The molecule has 1 N–H and O–H groups in total. The summed E-state index contributed by atoms with van der Waals surface area (Å²) in [6.07, 6.45) is 5.55. The third kappa shape index (κ3) is 3.81. The number of piperidine rings is 1. The smallest absolute Gasteiger partial charge is 0.223 e. The van der Waals surface area contributed by atoms with E-state index in [4.69, 9.17) is 0 Å². The number of carbonyl (C=O) groups is 1. The summed E-state index contributed by atoms with van der Waals surface area (Å²) in [6, 6.07) is 0.392. The molecule has 1 aliphatic carbocycles. The minimum absolute atomic E-state index is 0.291. The number of halogens is 1. The zero-order valence-corrected chi connectivity index (χ0v) is 11.8. The second-order valence-corrected chi connectivity index (χ2v) is 6.33. The van der Waals surface area contributed by atoms with E-state index >= 15 is 0 Å². The molecule has 0 aromatic carbocycles. The SMILES string of the molecule is C=C(Br)CN1CCC(NC(=O)C2CCC2)CC1. The third-order valence-corrected chi connectivity index (χ3v) is 4.06. The molecule has 96 valence electrons. The number of hydrogen-bond acceptors (Lipinski definition) is 2. The molecule has 1 saturated heterocycles. The van der Waals surface area contributed by atoms with Gasteiger partial charge in [0.25, 0.3) is 0 Å². The van der Waals surface area contributed by atoms with Crippen molar-refractivity contribution in [3.8, 4) is 0 Å². The van der Waals surface area contributed by atoms with Gasteiger partial charge in [0.15, 0.2) is 0 Å². The third-order valence-electron chi connectivity index (χ3n) is 3.81. The second kappa shape index (κ2) is 6.01. The van der Waals surface area contributed by atoms with Crippen LogP contribution in [0.1, 0.15) is 32.1 Å². The predicted molar refractivity (Wildman–Crippen MR) is 73.0 cm³/mol. The van der Waals surface area contributed by atoms with E-state index in [9.17, 15) is 4.79 Å². The molecule has 2 rings (SSSR count). The monoisotopic (exact) mass is 300 g/mol. The van der Waals surface area contributed by atoms with Crippen LogP contribution in [0.25, 0.3) is 0 Å². The second-order valence-electron chi connectivity index (χ2n) is 5.20. The van der Waals surface area contributed by atoms with Gasteiger partial charge in [-0.1, -0.05) is 28.9 Å². The lowest BCUT2D eigenvalue weighted by molar-refractivity contribution is -0.128. The quantitative estimate of drug-likeness (QED) is 0.864. The van der Waals surface area contributed by atoms with Crippen molar-refractivity contribution in [1.82, 2.24) is 10.2 Å². The maximum absolute atomic E-state index is 11.8. The fraction of sp³-hybridized carbons (Fsp3) is 0.769. The molecule has 0 aromatic rings. The van der Waals surface area contributed by atoms with E-state index < -0.39 is 0 Å². The average Bonchev–Trinajstić information content (AvgIpc) is 2.17. The van der Waals surface area contributed by atoms with Gasteiger partial charge in [-0.25, -0.2) is 0 Å². The molecule has 2 aliphatic rings. The van der Waals surface area contributed by atoms with E-state index in [-0.39, 0.29) is 0 Å². The lowest BCUT2D eigenvalue weighted by atomic mass is 9.84. The molecule has 0 spiro atoms. The normalized spacial score (nSPS) is 23.1. The molecular weight excluding hydrogens is 280 g/mol. The molecular formula is C13H21BrN2O. The number of nitrogens with zero attached hydrogens (tertiary/aromatic N) is 1. The van der Waals surface area contributed by atoms with Gasteiger partial charge in [-0.3, -0.25) is 9.69 Å². The van der Waals surface area contributed by atoms with Gasteiger partial charge in [0.05, 0.1) is 0 Å². The van der Waals surface area contributed by atoms with Crippen molar-refractivity contribution in [2.45, 2.75) is 38.1 Å². The standard InChI is InChI=1S/C13H21BrN2O/c1-10(14)9-16-7-5-12(6-8-16)15-13(17)11-3-2-4-11/h11-12H,1-9H2,(H,15,17). The summed E-state index contributed by atoms with van der Waals surface area (Å²) in [5.41, 5.74) is 0. The first-order valence-electron chi connectivity index (χ1n) is 6.51. The molecule has 1 saturated carbocycles. The fourth-order valence-electron chi connectivity index (χ4n) is 2.47. The van der Waals surface area contributed by atoms with Gasteiger partial charge in [0.2, 0.25) is 5.91 Å². The first kappa shape index (κ1) is 13.1. The van der Waals surface area contributed by atoms with Gasteiger partial charge in [-0.15, -0.1) is 0 Å². The van der Waals surface area contributed by atoms with Crippen molar-refractivity contribution < 1.29 is 4.79 Å². The van der Waals surface area contributed by atoms with E-state index in [1.165, 1.54) is 6.42 Å². The van der Waals surface area contributed by atoms with Crippen LogP contribution in [0.4, 0.5) is 0 Å². The highest BCUT2D eigenvalue weighted by Gasteiger charge is 2.28. The Morgan fingerprint density at radius 3 is 2.41 bits per heavy atom. The van der Waals surface area contributed by atoms with Crippen LogP contribution in [0.15, 0.2) is 11.1 Å². The van der Waals surface area contributed by atoms with Gasteiger partial charge in [-0.2, -0.15) is 0 Å². The van der Waals surface area contributed by atoms with Crippen LogP contribution in [0.3, 0.4) is 0 Å². The predicted octanol–water partition coefficient (Wildman–Crippen LogP) is 2.28. The van der Waals surface area contributed by atoms with Crippen LogP contribution >= 0.6 is 15.9 Å². The van der Waals surface area contributed by atoms with Crippen molar-refractivity contribution in [1.29, 1.82) is 0 Å². The Bertz CT molecular complexity index is 294. The topological polar surface area (TPSA) is 32.3 Å². The van der Waals surface area contributed by atoms with Crippen LogP contribution < -0.4 is 5.32 Å². The van der Waals surface area contributed by atoms with E-state index in [0.29, 0.717) is 17.9 Å². The molecule has 1 amide bonds. The molecule has 1 aliphatic heterocycles. The van der Waals surface area contributed by atoms with Crippen LogP contribution in [-0.4, -0.2) is 36.5 Å². The Hall–Kier alpha value is -0.350. The van der Waals surface area contributed by atoms with E-state index in [1.807, 2.05) is 0 Å². The first-order chi connectivity index (χ1) is 8.15. The molecule has 0 unspecified atom stereocenters. The fourth-order valence-corrected chi connectivity index (χ4v) is 2.82. The Morgan fingerprint density at radius 1 is 1.29 bits per heavy atom. The molecule has 2 fully saturated rings. The molecule has 0 radical (unpaired) electrons. The van der Waals surface area contributed by atoms with Gasteiger partial charge < -0.3 is 5.32 Å². The Kier molecular flexibility index (Phi) is 4.62. The van der Waals surface area contributed by atoms with Crippen molar-refractivity contribution in [3.05, 3.63) is 11.1 Å². The van der Waals surface area contributed by atoms with E-state index in [0.717, 1.165) is 49.8 Å². The highest BCUT2D eigenvalue weighted by atomic mass is 79.9. The first-order valence-corrected chi connectivity index (χ1v) is 7.30. The number of hydrogen-bond donors (Lipinski definition) is 1. The van der Waals surface area contributed by atoms with Gasteiger partial charge in [0, 0.05) is 36.1 Å². The summed E-state index contributed by atoms with van der Waals surface area (Å²) in [6.45, 7) is 6.90. The summed E-state index contributed by atoms with van der Waals surface area (Å²) in [5, 5.41) is 3.19. The van der Waals surface area contributed by atoms with E-state index in [1.54, 1.807) is 0 Å². The van der Waals surface area contributed by atoms with E-state index in [2.05, 4.69) is 32.7 Å². The zero-order chi connectivity index (χ0) is 12.3. The molecule has 0 bridgehead atoms. The molecule has 4 heteroatoms. The molecule has 0 aromatic heterocycles. The minimum atomic E-state index is 0.291. The molecule has 3 nitrogen and oxygen atoms in total. The summed E-state index contributed by atoms with van der Waals surface area (Å²) in [4.78, 5) is 14.2. The highest BCUT2D eigenvalue weighted by Crippen LogP contribution is 2.26. The average molecular weight is 301 g/mol. The Morgan fingerprint density at radius 2 is 1.94 bits per heavy atom. The minimum Gasteiger partial charge on any atom is -0.353 e. The van der Waals surface area contributed by atoms with Gasteiger partial charge in [0.1, 0.15) is 0 Å². The molecule has 17 heavy (non-hydrogen) atoms. The number of amides is 1. The largest absolute Gasteiger partial charge is 0.353 e. The number of likely N-dealkylation sites (tertiary alicyclic amines) is 1. The van der Waals surface area contributed by atoms with Crippen molar-refractivity contribution >= 4 is 21.8 Å². The summed E-state index contributed by atoms with van der Waals surface area (Å²) < 4.78 is 1.04. The van der Waals surface area contributed by atoms with Crippen LogP contribution in [0, 0.1) is 5.92 Å². The van der Waals surface area contributed by atoms with Crippen molar-refractivity contribution in [3.63, 3.8) is 0 Å². The molecule has 1 heterocycles. The number of rotatable bonds is 4. The summed E-state index contributed by atoms with van der Waals surface area (Å²) in [7, 11) is 0. The summed E-state index contributed by atoms with van der Waals surface area (Å²) in [5.74, 6) is 0.606. The zero-order valence-electron chi connectivity index (χ0n) is 10.3. The molecule has 0 atom stereocenters. The lowest BCUT2D eigenvalue weighted by Gasteiger charge is -2.34. The van der Waals surface area contributed by atoms with Gasteiger partial charge in [-0.05, 0) is 25.7 Å². The number of carbonyl (C=O) groups excluding carboxylic acids is 1. The highest BCUT2D eigenvalue weighted by molar-refractivity contribution is 9.11. The van der Waals surface area contributed by atoms with Crippen LogP contribution in [-0.2, 0) is 4.79 Å². The van der Waals surface area contributed by atoms with Crippen molar-refractivity contribution in [2.75, 3.05) is 19.6 Å². The van der Waals surface area contributed by atoms with Crippen LogP contribution in [0.2, 0.25) is 0 Å².